The Hall–Kier alpha value is -2.98. The third-order valence-corrected chi connectivity index (χ3v) is 4.70. The van der Waals surface area contributed by atoms with Crippen molar-refractivity contribution in [3.63, 3.8) is 0 Å². The van der Waals surface area contributed by atoms with Crippen molar-refractivity contribution in [2.45, 2.75) is 24.5 Å². The van der Waals surface area contributed by atoms with Crippen LogP contribution in [0.1, 0.15) is 23.1 Å². The molecule has 0 saturated carbocycles. The number of halogens is 8. The highest BCUT2D eigenvalue weighted by atomic mass is 32.2. The minimum atomic E-state index is -5.98. The molecule has 1 aromatic heterocycles. The summed E-state index contributed by atoms with van der Waals surface area (Å²) in [6.07, 6.45) is -5.98. The van der Waals surface area contributed by atoms with Crippen LogP contribution in [-0.2, 0) is 23.0 Å². The molecule has 0 unspecified atom stereocenters. The van der Waals surface area contributed by atoms with Crippen LogP contribution in [0.3, 0.4) is 0 Å². The zero-order chi connectivity index (χ0) is 24.0. The Morgan fingerprint density at radius 1 is 1.06 bits per heavy atom. The van der Waals surface area contributed by atoms with Crippen molar-refractivity contribution in [1.82, 2.24) is 14.8 Å². The Labute approximate surface area is 167 Å². The minimum absolute atomic E-state index is 0.168. The molecular formula is C14H10F8N4O4S. The van der Waals surface area contributed by atoms with Gasteiger partial charge in [0.15, 0.2) is 5.78 Å². The standard InChI is InChI=1S/C14H10F8N4O4S/c1-6(27)8-5-7(3-4-9(8)25-31(28,29)14(20,21)22)30-11-24-23-10(26(11)2)12(15,16)13(17,18)19/h3-5,25H,1-2H3. The van der Waals surface area contributed by atoms with Crippen LogP contribution in [0, 0.1) is 0 Å². The van der Waals surface area contributed by atoms with Crippen LogP contribution in [-0.4, -0.2) is 40.7 Å². The summed E-state index contributed by atoms with van der Waals surface area (Å²) in [5.74, 6) is -8.55. The highest BCUT2D eigenvalue weighted by Crippen LogP contribution is 2.43. The van der Waals surface area contributed by atoms with Crippen LogP contribution in [0.15, 0.2) is 18.2 Å². The Morgan fingerprint density at radius 3 is 2.13 bits per heavy atom. The fourth-order valence-corrected chi connectivity index (χ4v) is 2.66. The van der Waals surface area contributed by atoms with E-state index < -0.39 is 62.2 Å². The highest BCUT2D eigenvalue weighted by Gasteiger charge is 2.62. The molecule has 2 aromatic rings. The van der Waals surface area contributed by atoms with Gasteiger partial charge in [0.2, 0.25) is 5.82 Å². The monoisotopic (exact) mass is 482 g/mol. The molecule has 0 spiro atoms. The third-order valence-electron chi connectivity index (χ3n) is 3.60. The van der Waals surface area contributed by atoms with Crippen LogP contribution >= 0.6 is 0 Å². The number of Topliss-reactive ketones (excluding diaryl/α,β-unsaturated/α-hetero) is 1. The molecular weight excluding hydrogens is 472 g/mol. The van der Waals surface area contributed by atoms with Crippen LogP contribution < -0.4 is 9.46 Å². The lowest BCUT2D eigenvalue weighted by atomic mass is 10.1. The molecule has 31 heavy (non-hydrogen) atoms. The summed E-state index contributed by atoms with van der Waals surface area (Å²) >= 11 is 0. The number of nitrogens with one attached hydrogen (secondary N) is 1. The van der Waals surface area contributed by atoms with Crippen molar-refractivity contribution in [3.05, 3.63) is 29.6 Å². The Bertz CT molecular complexity index is 1110. The number of carbonyl (C=O) groups is 1. The van der Waals surface area contributed by atoms with Crippen molar-refractivity contribution in [2.24, 2.45) is 7.05 Å². The second-order valence-electron chi connectivity index (χ2n) is 5.85. The van der Waals surface area contributed by atoms with Crippen LogP contribution in [0.2, 0.25) is 0 Å². The van der Waals surface area contributed by atoms with Crippen LogP contribution in [0.4, 0.5) is 40.8 Å². The molecule has 17 heteroatoms. The highest BCUT2D eigenvalue weighted by molar-refractivity contribution is 7.93. The van der Waals surface area contributed by atoms with E-state index in [1.165, 1.54) is 0 Å². The molecule has 2 rings (SSSR count). The molecule has 0 aliphatic carbocycles. The number of hydrogen-bond acceptors (Lipinski definition) is 6. The second kappa shape index (κ2) is 7.61. The number of ketones is 1. The first-order valence-electron chi connectivity index (χ1n) is 7.65. The van der Waals surface area contributed by atoms with Gasteiger partial charge in [-0.15, -0.1) is 5.10 Å². The Balaban J connectivity index is 2.41. The first-order chi connectivity index (χ1) is 13.9. The molecule has 0 aliphatic rings. The van der Waals surface area contributed by atoms with Crippen LogP contribution in [0.25, 0.3) is 0 Å². The maximum absolute atomic E-state index is 13.4. The van der Waals surface area contributed by atoms with Crippen molar-refractivity contribution in [2.75, 3.05) is 4.72 Å². The van der Waals surface area contributed by atoms with Gasteiger partial charge in [0.05, 0.1) is 5.69 Å². The summed E-state index contributed by atoms with van der Waals surface area (Å²) in [5.41, 5.74) is -7.08. The van der Waals surface area contributed by atoms with Gasteiger partial charge in [-0.3, -0.25) is 14.1 Å². The maximum Gasteiger partial charge on any atom is 0.516 e. The van der Waals surface area contributed by atoms with Gasteiger partial charge in [0, 0.05) is 12.6 Å². The lowest BCUT2D eigenvalue weighted by molar-refractivity contribution is -0.293. The Morgan fingerprint density at radius 2 is 1.65 bits per heavy atom. The number of carbonyl (C=O) groups excluding carboxylic acids is 1. The fourth-order valence-electron chi connectivity index (χ4n) is 2.08. The largest absolute Gasteiger partial charge is 0.516 e. The second-order valence-corrected chi connectivity index (χ2v) is 7.53. The molecule has 0 amide bonds. The van der Waals surface area contributed by atoms with E-state index in [0.717, 1.165) is 30.8 Å². The smallest absolute Gasteiger partial charge is 0.424 e. The fraction of sp³-hybridized carbons (Fsp3) is 0.357. The van der Waals surface area contributed by atoms with Gasteiger partial charge in [-0.05, 0) is 25.1 Å². The van der Waals surface area contributed by atoms with Crippen molar-refractivity contribution < 1.29 is 53.1 Å². The number of nitrogens with zero attached hydrogens (tertiary/aromatic N) is 3. The number of sulfonamides is 1. The molecule has 0 atom stereocenters. The van der Waals surface area contributed by atoms with Gasteiger partial charge >= 0.3 is 33.6 Å². The van der Waals surface area contributed by atoms with Gasteiger partial charge < -0.3 is 4.74 Å². The molecule has 172 valence electrons. The molecule has 8 nitrogen and oxygen atoms in total. The average Bonchev–Trinajstić information content (AvgIpc) is 2.95. The SMILES string of the molecule is CC(=O)c1cc(Oc2nnc(C(F)(F)C(F)(F)F)n2C)ccc1NS(=O)(=O)C(F)(F)F. The van der Waals surface area contributed by atoms with Gasteiger partial charge in [-0.2, -0.15) is 43.5 Å². The van der Waals surface area contributed by atoms with Gasteiger partial charge in [0.1, 0.15) is 5.75 Å². The average molecular weight is 482 g/mol. The summed E-state index contributed by atoms with van der Waals surface area (Å²) in [4.78, 5) is 11.7. The van der Waals surface area contributed by atoms with Crippen molar-refractivity contribution in [1.29, 1.82) is 0 Å². The zero-order valence-electron chi connectivity index (χ0n) is 15.1. The molecule has 1 heterocycles. The number of benzene rings is 1. The van der Waals surface area contributed by atoms with E-state index in [0.29, 0.717) is 6.07 Å². The number of anilines is 1. The quantitative estimate of drug-likeness (QED) is 0.497. The van der Waals surface area contributed by atoms with Gasteiger partial charge in [-0.1, -0.05) is 5.10 Å². The number of hydrogen-bond donors (Lipinski definition) is 1. The summed E-state index contributed by atoms with van der Waals surface area (Å²) in [6, 6.07) is 1.36. The predicted molar refractivity (Wildman–Crippen MR) is 86.1 cm³/mol. The van der Waals surface area contributed by atoms with E-state index in [1.807, 2.05) is 0 Å². The summed E-state index contributed by atoms with van der Waals surface area (Å²) in [6.45, 7) is 0.870. The first-order valence-corrected chi connectivity index (χ1v) is 9.13. The first kappa shape index (κ1) is 24.3. The lowest BCUT2D eigenvalue weighted by Crippen LogP contribution is -2.36. The normalized spacial score (nSPS) is 13.2. The molecule has 1 N–H and O–H groups in total. The number of ether oxygens (including phenoxy) is 1. The van der Waals surface area contributed by atoms with E-state index >= 15 is 0 Å². The maximum atomic E-state index is 13.4. The molecule has 0 bridgehead atoms. The van der Waals surface area contributed by atoms with E-state index in [4.69, 9.17) is 4.74 Å². The molecule has 0 fully saturated rings. The van der Waals surface area contributed by atoms with E-state index in [1.54, 1.807) is 0 Å². The van der Waals surface area contributed by atoms with Gasteiger partial charge in [-0.25, -0.2) is 0 Å². The Kier molecular flexibility index (Phi) is 5.97. The van der Waals surface area contributed by atoms with E-state index in [2.05, 4.69) is 10.2 Å². The number of alkyl halides is 8. The third kappa shape index (κ3) is 4.70. The molecule has 0 aliphatic heterocycles. The van der Waals surface area contributed by atoms with Crippen molar-refractivity contribution in [3.8, 4) is 11.8 Å². The summed E-state index contributed by atoms with van der Waals surface area (Å²) in [5, 5.41) is 5.78. The number of aromatic nitrogens is 3. The predicted octanol–water partition coefficient (Wildman–Crippen LogP) is 3.73. The summed E-state index contributed by atoms with van der Waals surface area (Å²) in [7, 11) is -5.15. The summed E-state index contributed by atoms with van der Waals surface area (Å²) < 4.78 is 131. The van der Waals surface area contributed by atoms with E-state index in [9.17, 15) is 48.3 Å². The molecule has 1 aromatic carbocycles. The minimum Gasteiger partial charge on any atom is -0.424 e. The van der Waals surface area contributed by atoms with E-state index in [-0.39, 0.29) is 4.57 Å². The van der Waals surface area contributed by atoms with Crippen molar-refractivity contribution >= 4 is 21.5 Å². The molecule has 0 radical (unpaired) electrons. The van der Waals surface area contributed by atoms with Crippen LogP contribution in [0.5, 0.6) is 11.8 Å². The van der Waals surface area contributed by atoms with Gasteiger partial charge in [0.25, 0.3) is 0 Å². The molecule has 0 saturated heterocycles. The topological polar surface area (TPSA) is 103 Å². The zero-order valence-corrected chi connectivity index (χ0v) is 16.0. The lowest BCUT2D eigenvalue weighted by Gasteiger charge is -2.18. The number of rotatable bonds is 6.